The van der Waals surface area contributed by atoms with Crippen LogP contribution in [0.15, 0.2) is 4.99 Å². The van der Waals surface area contributed by atoms with Crippen molar-refractivity contribution in [3.63, 3.8) is 0 Å². The molecule has 0 saturated heterocycles. The Morgan fingerprint density at radius 2 is 2.53 bits per heavy atom. The van der Waals surface area contributed by atoms with Gasteiger partial charge in [-0.25, -0.2) is 4.79 Å². The van der Waals surface area contributed by atoms with Crippen LogP contribution in [-0.2, 0) is 0 Å². The molecule has 1 aliphatic rings. The maximum atomic E-state index is 10.6. The number of nitrogens with one attached hydrogen (secondary N) is 1. The Morgan fingerprint density at radius 3 is 3.07 bits per heavy atom. The van der Waals surface area contributed by atoms with Gasteiger partial charge in [0.15, 0.2) is 0 Å². The summed E-state index contributed by atoms with van der Waals surface area (Å²) in [5, 5.41) is 21.1. The molecule has 1 atom stereocenters. The number of rotatable bonds is 4. The molecule has 1 aliphatic heterocycles. The molecule has 0 saturated carbocycles. The van der Waals surface area contributed by atoms with Gasteiger partial charge in [0.2, 0.25) is 0 Å². The lowest BCUT2D eigenvalue weighted by atomic mass is 10.4. The Labute approximate surface area is 85.7 Å². The lowest BCUT2D eigenvalue weighted by Gasteiger charge is -2.20. The lowest BCUT2D eigenvalue weighted by molar-refractivity contribution is -0.539. The number of aliphatic imine (C=N–C) groups is 1. The minimum absolute atomic E-state index is 0.131. The Bertz CT molecular complexity index is 303. The summed E-state index contributed by atoms with van der Waals surface area (Å²) in [7, 11) is 0. The summed E-state index contributed by atoms with van der Waals surface area (Å²) in [4.78, 5) is 25.8. The van der Waals surface area contributed by atoms with Crippen LogP contribution in [0.5, 0.6) is 0 Å². The first kappa shape index (κ1) is 11.2. The third-order valence-electron chi connectivity index (χ3n) is 2.13. The highest BCUT2D eigenvalue weighted by Gasteiger charge is 2.33. The largest absolute Gasteiger partial charge is 0.465 e. The topological polar surface area (TPSA) is 108 Å². The Balaban J connectivity index is 2.46. The summed E-state index contributed by atoms with van der Waals surface area (Å²) >= 11 is 0. The molecule has 8 nitrogen and oxygen atoms in total. The van der Waals surface area contributed by atoms with E-state index in [1.54, 1.807) is 6.92 Å². The molecule has 0 aromatic carbocycles. The molecule has 15 heavy (non-hydrogen) atoms. The van der Waals surface area contributed by atoms with Crippen LogP contribution >= 0.6 is 0 Å². The zero-order valence-corrected chi connectivity index (χ0v) is 8.21. The van der Waals surface area contributed by atoms with Crippen LogP contribution in [0.1, 0.15) is 6.92 Å². The first-order valence-electron chi connectivity index (χ1n) is 4.40. The van der Waals surface area contributed by atoms with Crippen molar-refractivity contribution < 1.29 is 14.8 Å². The quantitative estimate of drug-likeness (QED) is 0.490. The number of hydrogen-bond donors (Lipinski definition) is 2. The normalized spacial score (nSPS) is 19.9. The van der Waals surface area contributed by atoms with Crippen molar-refractivity contribution in [3.8, 4) is 0 Å². The highest BCUT2D eigenvalue weighted by molar-refractivity contribution is 5.81. The van der Waals surface area contributed by atoms with E-state index in [9.17, 15) is 14.9 Å². The standard InChI is InChI=1S/C7H12N4O4/c1-5-9-4-6(11(14)15)10(5)3-2-8-7(12)13/h6,8H,2-4H2,1H3,(H,12,13). The van der Waals surface area contributed by atoms with Crippen molar-refractivity contribution in [1.29, 1.82) is 0 Å². The van der Waals surface area contributed by atoms with Gasteiger partial charge in [0, 0.05) is 18.0 Å². The third-order valence-corrected chi connectivity index (χ3v) is 2.13. The molecule has 84 valence electrons. The van der Waals surface area contributed by atoms with E-state index in [1.807, 2.05) is 0 Å². The van der Waals surface area contributed by atoms with E-state index in [0.29, 0.717) is 5.84 Å². The third kappa shape index (κ3) is 2.79. The molecule has 0 fully saturated rings. The molecule has 1 unspecified atom stereocenters. The van der Waals surface area contributed by atoms with Gasteiger partial charge in [-0.3, -0.25) is 20.0 Å². The summed E-state index contributed by atoms with van der Waals surface area (Å²) in [5.74, 6) is 0.573. The SMILES string of the molecule is CC1=NCC([N+](=O)[O-])N1CCNC(=O)O. The van der Waals surface area contributed by atoms with Gasteiger partial charge in [-0.05, 0) is 6.92 Å². The number of carboxylic acid groups (broad SMARTS) is 1. The van der Waals surface area contributed by atoms with Crippen molar-refractivity contribution in [2.45, 2.75) is 13.1 Å². The second-order valence-corrected chi connectivity index (χ2v) is 3.08. The molecule has 8 heteroatoms. The van der Waals surface area contributed by atoms with Crippen LogP contribution in [-0.4, -0.2) is 52.7 Å². The Hall–Kier alpha value is -1.86. The van der Waals surface area contributed by atoms with E-state index in [-0.39, 0.29) is 19.6 Å². The number of hydrogen-bond acceptors (Lipinski definition) is 5. The zero-order chi connectivity index (χ0) is 11.4. The highest BCUT2D eigenvalue weighted by Crippen LogP contribution is 2.09. The first-order valence-corrected chi connectivity index (χ1v) is 4.40. The summed E-state index contributed by atoms with van der Waals surface area (Å²) in [6, 6.07) is 0. The van der Waals surface area contributed by atoms with Crippen LogP contribution in [0.2, 0.25) is 0 Å². The monoisotopic (exact) mass is 216 g/mol. The van der Waals surface area contributed by atoms with Gasteiger partial charge in [-0.1, -0.05) is 0 Å². The zero-order valence-electron chi connectivity index (χ0n) is 8.21. The fraction of sp³-hybridized carbons (Fsp3) is 0.714. The van der Waals surface area contributed by atoms with E-state index in [0.717, 1.165) is 0 Å². The summed E-state index contributed by atoms with van der Waals surface area (Å²) in [5.41, 5.74) is 0. The fourth-order valence-corrected chi connectivity index (χ4v) is 1.39. The minimum atomic E-state index is -1.14. The molecule has 0 spiro atoms. The molecule has 0 radical (unpaired) electrons. The molecule has 0 aromatic heterocycles. The van der Waals surface area contributed by atoms with Gasteiger partial charge < -0.3 is 10.4 Å². The van der Waals surface area contributed by atoms with Gasteiger partial charge in [0.1, 0.15) is 12.4 Å². The van der Waals surface area contributed by atoms with Crippen LogP contribution < -0.4 is 5.32 Å². The highest BCUT2D eigenvalue weighted by atomic mass is 16.6. The Kier molecular flexibility index (Phi) is 3.42. The van der Waals surface area contributed by atoms with Crippen LogP contribution in [0.3, 0.4) is 0 Å². The van der Waals surface area contributed by atoms with Gasteiger partial charge in [0.25, 0.3) is 0 Å². The van der Waals surface area contributed by atoms with E-state index in [2.05, 4.69) is 10.3 Å². The van der Waals surface area contributed by atoms with Crippen LogP contribution in [0.4, 0.5) is 4.79 Å². The van der Waals surface area contributed by atoms with Gasteiger partial charge in [-0.15, -0.1) is 0 Å². The molecule has 0 aromatic rings. The number of amidine groups is 1. The second-order valence-electron chi connectivity index (χ2n) is 3.08. The molecule has 1 heterocycles. The number of amides is 1. The minimum Gasteiger partial charge on any atom is -0.465 e. The van der Waals surface area contributed by atoms with Gasteiger partial charge in [0.05, 0.1) is 0 Å². The van der Waals surface area contributed by atoms with E-state index >= 15 is 0 Å². The van der Waals surface area contributed by atoms with Crippen LogP contribution in [0.25, 0.3) is 0 Å². The lowest BCUT2D eigenvalue weighted by Crippen LogP contribution is -2.44. The predicted octanol–water partition coefficient (Wildman–Crippen LogP) is -0.409. The summed E-state index contributed by atoms with van der Waals surface area (Å²) in [6.45, 7) is 2.20. The van der Waals surface area contributed by atoms with E-state index < -0.39 is 17.2 Å². The average molecular weight is 216 g/mol. The van der Waals surface area contributed by atoms with Gasteiger partial charge >= 0.3 is 12.3 Å². The fourth-order valence-electron chi connectivity index (χ4n) is 1.39. The summed E-state index contributed by atoms with van der Waals surface area (Å²) in [6.07, 6.45) is -2.00. The first-order chi connectivity index (χ1) is 7.02. The second kappa shape index (κ2) is 4.58. The Morgan fingerprint density at radius 1 is 1.87 bits per heavy atom. The predicted molar refractivity (Wildman–Crippen MR) is 51.5 cm³/mol. The van der Waals surface area contributed by atoms with E-state index in [1.165, 1.54) is 4.90 Å². The molecule has 2 N–H and O–H groups in total. The van der Waals surface area contributed by atoms with Gasteiger partial charge in [-0.2, -0.15) is 0 Å². The number of carbonyl (C=O) groups is 1. The molecule has 0 bridgehead atoms. The van der Waals surface area contributed by atoms with E-state index in [4.69, 9.17) is 5.11 Å². The van der Waals surface area contributed by atoms with Crippen molar-refractivity contribution in [2.24, 2.45) is 4.99 Å². The molecule has 1 amide bonds. The van der Waals surface area contributed by atoms with Crippen molar-refractivity contribution >= 4 is 11.9 Å². The molecule has 0 aliphatic carbocycles. The molecular weight excluding hydrogens is 204 g/mol. The maximum absolute atomic E-state index is 10.6. The van der Waals surface area contributed by atoms with Crippen molar-refractivity contribution in [2.75, 3.05) is 19.6 Å². The average Bonchev–Trinajstić information content (AvgIpc) is 2.47. The maximum Gasteiger partial charge on any atom is 0.404 e. The number of nitro groups is 1. The number of nitrogens with zero attached hydrogens (tertiary/aromatic N) is 3. The molecular formula is C7H12N4O4. The smallest absolute Gasteiger partial charge is 0.404 e. The van der Waals surface area contributed by atoms with Crippen LogP contribution in [0, 0.1) is 10.1 Å². The molecule has 1 rings (SSSR count). The van der Waals surface area contributed by atoms with Crippen molar-refractivity contribution in [1.82, 2.24) is 10.2 Å². The summed E-state index contributed by atoms with van der Waals surface area (Å²) < 4.78 is 0. The van der Waals surface area contributed by atoms with Crippen molar-refractivity contribution in [3.05, 3.63) is 10.1 Å².